The molecule has 0 radical (unpaired) electrons. The van der Waals surface area contributed by atoms with Gasteiger partial charge in [0.15, 0.2) is 0 Å². The third kappa shape index (κ3) is 3.31. The van der Waals surface area contributed by atoms with Gasteiger partial charge in [-0.2, -0.15) is 0 Å². The quantitative estimate of drug-likeness (QED) is 0.875. The van der Waals surface area contributed by atoms with Crippen molar-refractivity contribution in [2.45, 2.75) is 11.8 Å². The highest BCUT2D eigenvalue weighted by Gasteiger charge is 2.13. The lowest BCUT2D eigenvalue weighted by atomic mass is 10.2. The lowest BCUT2D eigenvalue weighted by Crippen LogP contribution is -2.13. The number of amides is 1. The number of hydrogen-bond acceptors (Lipinski definition) is 5. The van der Waals surface area contributed by atoms with Gasteiger partial charge in [-0.1, -0.05) is 0 Å². The summed E-state index contributed by atoms with van der Waals surface area (Å²) in [6.45, 7) is 1.67. The van der Waals surface area contributed by atoms with E-state index in [2.05, 4.69) is 15.3 Å². The second-order valence-electron chi connectivity index (χ2n) is 4.00. The highest BCUT2D eigenvalue weighted by Crippen LogP contribution is 2.22. The number of carbonyl (C=O) groups excluding carboxylic acids is 1. The zero-order chi connectivity index (χ0) is 14.8. The summed E-state index contributed by atoms with van der Waals surface area (Å²) in [5.74, 6) is -0.379. The summed E-state index contributed by atoms with van der Waals surface area (Å²) in [4.78, 5) is 19.4. The van der Waals surface area contributed by atoms with Crippen molar-refractivity contribution in [3.05, 3.63) is 48.0 Å². The number of rotatable bonds is 3. The van der Waals surface area contributed by atoms with Crippen molar-refractivity contribution in [2.75, 3.05) is 5.32 Å². The zero-order valence-electron chi connectivity index (χ0n) is 10.4. The molecule has 0 aliphatic rings. The summed E-state index contributed by atoms with van der Waals surface area (Å²) in [6, 6.07) is 4.19. The Morgan fingerprint density at radius 1 is 1.25 bits per heavy atom. The van der Waals surface area contributed by atoms with Crippen LogP contribution in [0, 0.1) is 6.92 Å². The molecule has 1 aromatic carbocycles. The van der Waals surface area contributed by atoms with E-state index in [-0.39, 0.29) is 10.8 Å². The third-order valence-corrected chi connectivity index (χ3v) is 3.90. The van der Waals surface area contributed by atoms with E-state index in [0.29, 0.717) is 16.8 Å². The van der Waals surface area contributed by atoms with Crippen LogP contribution in [0.5, 0.6) is 0 Å². The number of aryl methyl sites for hydroxylation is 1. The first kappa shape index (κ1) is 14.4. The van der Waals surface area contributed by atoms with Crippen LogP contribution in [0.25, 0.3) is 0 Å². The molecule has 0 spiro atoms. The van der Waals surface area contributed by atoms with Gasteiger partial charge in [0.1, 0.15) is 6.33 Å². The van der Waals surface area contributed by atoms with Crippen molar-refractivity contribution in [2.24, 2.45) is 0 Å². The molecule has 0 fully saturated rings. The number of anilines is 1. The Hall–Kier alpha value is -1.99. The molecule has 8 heteroatoms. The highest BCUT2D eigenvalue weighted by molar-refractivity contribution is 8.13. The molecule has 0 aliphatic heterocycles. The normalized spacial score (nSPS) is 11.1. The van der Waals surface area contributed by atoms with Gasteiger partial charge in [0, 0.05) is 28.8 Å². The summed E-state index contributed by atoms with van der Waals surface area (Å²) in [7, 11) is 1.47. The van der Waals surface area contributed by atoms with Gasteiger partial charge in [0.2, 0.25) is 0 Å². The van der Waals surface area contributed by atoms with Crippen molar-refractivity contribution in [3.8, 4) is 0 Å². The fourth-order valence-electron chi connectivity index (χ4n) is 1.54. The summed E-state index contributed by atoms with van der Waals surface area (Å²) in [5, 5.41) is 2.65. The molecule has 0 bridgehead atoms. The van der Waals surface area contributed by atoms with Crippen LogP contribution in [0.3, 0.4) is 0 Å². The predicted octanol–water partition coefficient (Wildman–Crippen LogP) is 1.96. The lowest BCUT2D eigenvalue weighted by Gasteiger charge is -2.09. The maximum absolute atomic E-state index is 11.9. The number of hydrogen-bond donors (Lipinski definition) is 1. The number of carbonyl (C=O) groups is 1. The predicted molar refractivity (Wildman–Crippen MR) is 74.2 cm³/mol. The molecule has 1 N–H and O–H groups in total. The Kier molecular flexibility index (Phi) is 4.01. The molecule has 1 heterocycles. The molecule has 104 valence electrons. The molecule has 0 saturated carbocycles. The Bertz CT molecular complexity index is 748. The molecule has 0 aliphatic carbocycles. The first-order valence-electron chi connectivity index (χ1n) is 5.49. The maximum Gasteiger partial charge on any atom is 0.261 e. The largest absolute Gasteiger partial charge is 0.322 e. The maximum atomic E-state index is 11.9. The smallest absolute Gasteiger partial charge is 0.261 e. The SMILES string of the molecule is Cc1cc(S(=O)(=O)Cl)ccc1NC(=O)c1cncnc1. The van der Waals surface area contributed by atoms with Gasteiger partial charge in [-0.3, -0.25) is 4.79 Å². The number of aromatic nitrogens is 2. The monoisotopic (exact) mass is 311 g/mol. The van der Waals surface area contributed by atoms with Gasteiger partial charge in [-0.05, 0) is 30.7 Å². The van der Waals surface area contributed by atoms with Gasteiger partial charge in [-0.25, -0.2) is 18.4 Å². The standard InChI is InChI=1S/C12H10ClN3O3S/c1-8-4-10(20(13,18)19)2-3-11(8)16-12(17)9-5-14-7-15-6-9/h2-7H,1H3,(H,16,17). The lowest BCUT2D eigenvalue weighted by molar-refractivity contribution is 0.102. The second kappa shape index (κ2) is 5.56. The summed E-state index contributed by atoms with van der Waals surface area (Å²) in [6.07, 6.45) is 4.09. The van der Waals surface area contributed by atoms with Crippen LogP contribution in [0.2, 0.25) is 0 Å². The average Bonchev–Trinajstić information content (AvgIpc) is 2.41. The molecule has 1 aromatic heterocycles. The van der Waals surface area contributed by atoms with Gasteiger partial charge >= 0.3 is 0 Å². The minimum atomic E-state index is -3.78. The van der Waals surface area contributed by atoms with Gasteiger partial charge < -0.3 is 5.32 Å². The topological polar surface area (TPSA) is 89.0 Å². The van der Waals surface area contributed by atoms with Crippen molar-refractivity contribution >= 4 is 31.3 Å². The van der Waals surface area contributed by atoms with Gasteiger partial charge in [0.05, 0.1) is 10.5 Å². The van der Waals surface area contributed by atoms with Crippen LogP contribution in [-0.4, -0.2) is 24.3 Å². The molecule has 20 heavy (non-hydrogen) atoms. The Labute approximate surface area is 120 Å². The Morgan fingerprint density at radius 2 is 1.90 bits per heavy atom. The van der Waals surface area contributed by atoms with Crippen LogP contribution in [0.1, 0.15) is 15.9 Å². The molecule has 2 rings (SSSR count). The number of halogens is 1. The second-order valence-corrected chi connectivity index (χ2v) is 6.56. The van der Waals surface area contributed by atoms with Gasteiger partial charge in [-0.15, -0.1) is 0 Å². The molecule has 1 amide bonds. The van der Waals surface area contributed by atoms with E-state index in [9.17, 15) is 13.2 Å². The fourth-order valence-corrected chi connectivity index (χ4v) is 2.37. The Balaban J connectivity index is 2.25. The summed E-state index contributed by atoms with van der Waals surface area (Å²) < 4.78 is 22.4. The van der Waals surface area contributed by atoms with Crippen LogP contribution < -0.4 is 5.32 Å². The number of nitrogens with zero attached hydrogens (tertiary/aromatic N) is 2. The summed E-state index contributed by atoms with van der Waals surface area (Å²) >= 11 is 0. The van der Waals surface area contributed by atoms with Crippen LogP contribution >= 0.6 is 10.7 Å². The van der Waals surface area contributed by atoms with E-state index in [1.807, 2.05) is 0 Å². The number of benzene rings is 1. The zero-order valence-corrected chi connectivity index (χ0v) is 11.9. The molecule has 2 aromatic rings. The average molecular weight is 312 g/mol. The molecular formula is C12H10ClN3O3S. The third-order valence-electron chi connectivity index (χ3n) is 2.55. The van der Waals surface area contributed by atoms with E-state index >= 15 is 0 Å². The van der Waals surface area contributed by atoms with Crippen LogP contribution in [0.4, 0.5) is 5.69 Å². The van der Waals surface area contributed by atoms with Crippen molar-refractivity contribution in [1.29, 1.82) is 0 Å². The van der Waals surface area contributed by atoms with Gasteiger partial charge in [0.25, 0.3) is 15.0 Å². The molecule has 0 atom stereocenters. The first-order valence-corrected chi connectivity index (χ1v) is 7.80. The van der Waals surface area contributed by atoms with E-state index in [1.165, 1.54) is 36.9 Å². The van der Waals surface area contributed by atoms with E-state index in [4.69, 9.17) is 10.7 Å². The minimum Gasteiger partial charge on any atom is -0.322 e. The highest BCUT2D eigenvalue weighted by atomic mass is 35.7. The van der Waals surface area contributed by atoms with E-state index in [1.54, 1.807) is 6.92 Å². The fraction of sp³-hybridized carbons (Fsp3) is 0.0833. The van der Waals surface area contributed by atoms with Crippen molar-refractivity contribution in [1.82, 2.24) is 9.97 Å². The van der Waals surface area contributed by atoms with Crippen LogP contribution in [0.15, 0.2) is 41.8 Å². The Morgan fingerprint density at radius 3 is 2.45 bits per heavy atom. The van der Waals surface area contributed by atoms with Crippen LogP contribution in [-0.2, 0) is 9.05 Å². The van der Waals surface area contributed by atoms with E-state index in [0.717, 1.165) is 0 Å². The first-order chi connectivity index (χ1) is 9.38. The van der Waals surface area contributed by atoms with Crippen molar-refractivity contribution < 1.29 is 13.2 Å². The molecule has 0 unspecified atom stereocenters. The van der Waals surface area contributed by atoms with E-state index < -0.39 is 9.05 Å². The summed E-state index contributed by atoms with van der Waals surface area (Å²) in [5.41, 5.74) is 1.38. The van der Waals surface area contributed by atoms with Crippen molar-refractivity contribution in [3.63, 3.8) is 0 Å². The molecule has 6 nitrogen and oxygen atoms in total. The number of nitrogens with one attached hydrogen (secondary N) is 1. The molecule has 0 saturated heterocycles. The molecular weight excluding hydrogens is 302 g/mol. The minimum absolute atomic E-state index is 0.0160.